The van der Waals surface area contributed by atoms with Crippen LogP contribution in [0.25, 0.3) is 10.9 Å². The first-order chi connectivity index (χ1) is 10.7. The first kappa shape index (κ1) is 13.9. The van der Waals surface area contributed by atoms with Crippen LogP contribution in [0.1, 0.15) is 6.92 Å². The summed E-state index contributed by atoms with van der Waals surface area (Å²) in [4.78, 5) is 10.5. The van der Waals surface area contributed by atoms with Crippen molar-refractivity contribution in [3.05, 3.63) is 52.7 Å². The van der Waals surface area contributed by atoms with Crippen molar-refractivity contribution in [3.63, 3.8) is 0 Å². The lowest BCUT2D eigenvalue weighted by Crippen LogP contribution is -1.98. The molecule has 0 aliphatic heterocycles. The molecule has 112 valence electrons. The van der Waals surface area contributed by atoms with E-state index in [0.29, 0.717) is 18.1 Å². The maximum absolute atomic E-state index is 11.0. The van der Waals surface area contributed by atoms with E-state index in [2.05, 4.69) is 10.2 Å². The van der Waals surface area contributed by atoms with Crippen LogP contribution in [0.2, 0.25) is 0 Å². The molecule has 0 radical (unpaired) electrons. The predicted octanol–water partition coefficient (Wildman–Crippen LogP) is 3.66. The molecule has 0 saturated carbocycles. The van der Waals surface area contributed by atoms with Crippen LogP contribution in [-0.2, 0) is 0 Å². The molecule has 2 aromatic carbocycles. The Labute approximate surface area is 125 Å². The first-order valence-corrected chi connectivity index (χ1v) is 6.69. The van der Waals surface area contributed by atoms with Crippen LogP contribution in [-0.4, -0.2) is 21.7 Å². The van der Waals surface area contributed by atoms with Crippen LogP contribution >= 0.6 is 0 Å². The van der Waals surface area contributed by atoms with Gasteiger partial charge in [-0.15, -0.1) is 0 Å². The smallest absolute Gasteiger partial charge is 0.311 e. The van der Waals surface area contributed by atoms with E-state index in [1.165, 1.54) is 18.2 Å². The Kier molecular flexibility index (Phi) is 3.61. The van der Waals surface area contributed by atoms with Crippen LogP contribution in [0.15, 0.2) is 42.6 Å². The number of nitro benzene ring substituents is 1. The van der Waals surface area contributed by atoms with E-state index < -0.39 is 4.92 Å². The van der Waals surface area contributed by atoms with Gasteiger partial charge in [0.05, 0.1) is 23.2 Å². The molecule has 0 saturated heterocycles. The van der Waals surface area contributed by atoms with Crippen LogP contribution < -0.4 is 9.47 Å². The molecule has 1 N–H and O–H groups in total. The number of hydrogen-bond donors (Lipinski definition) is 1. The fourth-order valence-corrected chi connectivity index (χ4v) is 2.10. The summed E-state index contributed by atoms with van der Waals surface area (Å²) >= 11 is 0. The second kappa shape index (κ2) is 5.72. The summed E-state index contributed by atoms with van der Waals surface area (Å²) in [7, 11) is 0. The number of fused-ring (bicyclic) bond motifs is 1. The summed E-state index contributed by atoms with van der Waals surface area (Å²) in [6.07, 6.45) is 1.72. The summed E-state index contributed by atoms with van der Waals surface area (Å²) in [6, 6.07) is 9.92. The van der Waals surface area contributed by atoms with E-state index in [9.17, 15) is 10.1 Å². The van der Waals surface area contributed by atoms with E-state index in [-0.39, 0.29) is 11.4 Å². The molecule has 0 fully saturated rings. The third-order valence-corrected chi connectivity index (χ3v) is 3.08. The number of nitrogens with zero attached hydrogens (tertiary/aromatic N) is 2. The Hall–Kier alpha value is -3.09. The highest BCUT2D eigenvalue weighted by molar-refractivity contribution is 5.79. The molecule has 7 heteroatoms. The molecule has 0 spiro atoms. The van der Waals surface area contributed by atoms with E-state index in [1.54, 1.807) is 19.2 Å². The molecule has 3 aromatic rings. The maximum Gasteiger partial charge on any atom is 0.311 e. The van der Waals surface area contributed by atoms with E-state index in [0.717, 1.165) is 10.9 Å². The second-order valence-corrected chi connectivity index (χ2v) is 4.54. The van der Waals surface area contributed by atoms with Gasteiger partial charge in [-0.2, -0.15) is 5.10 Å². The van der Waals surface area contributed by atoms with Crippen molar-refractivity contribution in [2.24, 2.45) is 0 Å². The van der Waals surface area contributed by atoms with Crippen LogP contribution in [0, 0.1) is 10.1 Å². The minimum Gasteiger partial charge on any atom is -0.487 e. The molecule has 1 aromatic heterocycles. The van der Waals surface area contributed by atoms with Gasteiger partial charge in [-0.05, 0) is 25.1 Å². The van der Waals surface area contributed by atoms with Gasteiger partial charge in [-0.25, -0.2) is 0 Å². The normalized spacial score (nSPS) is 10.6. The largest absolute Gasteiger partial charge is 0.487 e. The third kappa shape index (κ3) is 2.69. The van der Waals surface area contributed by atoms with Crippen LogP contribution in [0.3, 0.4) is 0 Å². The van der Waals surface area contributed by atoms with Crippen molar-refractivity contribution < 1.29 is 14.4 Å². The van der Waals surface area contributed by atoms with Gasteiger partial charge in [0.25, 0.3) is 0 Å². The molecule has 7 nitrogen and oxygen atoms in total. The number of aromatic amines is 1. The molecule has 0 aliphatic carbocycles. The summed E-state index contributed by atoms with van der Waals surface area (Å²) in [6.45, 7) is 2.10. The number of nitro groups is 1. The molecule has 0 unspecified atom stereocenters. The van der Waals surface area contributed by atoms with Crippen molar-refractivity contribution in [1.82, 2.24) is 10.2 Å². The Morgan fingerprint density at radius 2 is 2.00 bits per heavy atom. The van der Waals surface area contributed by atoms with Gasteiger partial charge in [-0.1, -0.05) is 0 Å². The Morgan fingerprint density at radius 1 is 1.23 bits per heavy atom. The van der Waals surface area contributed by atoms with Crippen molar-refractivity contribution in [2.45, 2.75) is 6.92 Å². The summed E-state index contributed by atoms with van der Waals surface area (Å²) in [5.41, 5.74) is 0.766. The molecule has 0 aliphatic rings. The van der Waals surface area contributed by atoms with Gasteiger partial charge in [-0.3, -0.25) is 15.2 Å². The van der Waals surface area contributed by atoms with Gasteiger partial charge in [0, 0.05) is 23.6 Å². The molecular weight excluding hydrogens is 286 g/mol. The minimum atomic E-state index is -0.481. The van der Waals surface area contributed by atoms with Gasteiger partial charge in [0.1, 0.15) is 11.5 Å². The fraction of sp³-hybridized carbons (Fsp3) is 0.133. The molecule has 0 atom stereocenters. The van der Waals surface area contributed by atoms with Crippen molar-refractivity contribution in [3.8, 4) is 17.2 Å². The standard InChI is InChI=1S/C15H13N3O4/c1-2-21-15-8-12(5-6-14(15)18(19)20)22-11-4-3-10-9-16-17-13(10)7-11/h3-9H,2H2,1H3,(H,16,17). The SMILES string of the molecule is CCOc1cc(Oc2ccc3cn[nH]c3c2)ccc1[N+](=O)[O-]. The van der Waals surface area contributed by atoms with Gasteiger partial charge in [0.15, 0.2) is 0 Å². The molecule has 3 rings (SSSR count). The zero-order chi connectivity index (χ0) is 15.5. The lowest BCUT2D eigenvalue weighted by Gasteiger charge is -2.09. The van der Waals surface area contributed by atoms with Crippen molar-refractivity contribution in [1.29, 1.82) is 0 Å². The number of aromatic nitrogens is 2. The summed E-state index contributed by atoms with van der Waals surface area (Å²) < 4.78 is 11.0. The van der Waals surface area contributed by atoms with E-state index in [1.807, 2.05) is 12.1 Å². The van der Waals surface area contributed by atoms with Gasteiger partial charge < -0.3 is 9.47 Å². The number of benzene rings is 2. The zero-order valence-electron chi connectivity index (χ0n) is 11.8. The highest BCUT2D eigenvalue weighted by atomic mass is 16.6. The lowest BCUT2D eigenvalue weighted by molar-refractivity contribution is -0.385. The van der Waals surface area contributed by atoms with Gasteiger partial charge >= 0.3 is 5.69 Å². The quantitative estimate of drug-likeness (QED) is 0.573. The van der Waals surface area contributed by atoms with Gasteiger partial charge in [0.2, 0.25) is 5.75 Å². The molecule has 0 bridgehead atoms. The number of H-pyrrole nitrogens is 1. The number of hydrogen-bond acceptors (Lipinski definition) is 5. The second-order valence-electron chi connectivity index (χ2n) is 4.54. The Bertz CT molecular complexity index is 829. The highest BCUT2D eigenvalue weighted by Gasteiger charge is 2.16. The average molecular weight is 299 g/mol. The first-order valence-electron chi connectivity index (χ1n) is 6.69. The molecule has 22 heavy (non-hydrogen) atoms. The minimum absolute atomic E-state index is 0.0850. The Morgan fingerprint density at radius 3 is 2.77 bits per heavy atom. The topological polar surface area (TPSA) is 90.3 Å². The Balaban J connectivity index is 1.90. The number of ether oxygens (including phenoxy) is 2. The van der Waals surface area contributed by atoms with Crippen molar-refractivity contribution in [2.75, 3.05) is 6.61 Å². The molecule has 0 amide bonds. The number of nitrogens with one attached hydrogen (secondary N) is 1. The van der Waals surface area contributed by atoms with Crippen LogP contribution in [0.4, 0.5) is 5.69 Å². The van der Waals surface area contributed by atoms with E-state index >= 15 is 0 Å². The summed E-state index contributed by atoms with van der Waals surface area (Å²) in [5.74, 6) is 1.26. The summed E-state index contributed by atoms with van der Waals surface area (Å²) in [5, 5.41) is 18.7. The predicted molar refractivity (Wildman–Crippen MR) is 80.4 cm³/mol. The highest BCUT2D eigenvalue weighted by Crippen LogP contribution is 2.33. The lowest BCUT2D eigenvalue weighted by atomic mass is 10.2. The zero-order valence-corrected chi connectivity index (χ0v) is 11.8. The maximum atomic E-state index is 11.0. The van der Waals surface area contributed by atoms with E-state index in [4.69, 9.17) is 9.47 Å². The van der Waals surface area contributed by atoms with Crippen LogP contribution in [0.5, 0.6) is 17.2 Å². The van der Waals surface area contributed by atoms with Crippen molar-refractivity contribution >= 4 is 16.6 Å². The monoisotopic (exact) mass is 299 g/mol. The molecule has 1 heterocycles. The fourth-order valence-electron chi connectivity index (χ4n) is 2.10. The molecular formula is C15H13N3O4. The number of rotatable bonds is 5. The average Bonchev–Trinajstić information content (AvgIpc) is 2.95. The third-order valence-electron chi connectivity index (χ3n) is 3.08.